The molecule has 2 aromatic heterocycles. The summed E-state index contributed by atoms with van der Waals surface area (Å²) >= 11 is 1.82. The van der Waals surface area contributed by atoms with E-state index in [-0.39, 0.29) is 23.3 Å². The number of hydrogen-bond acceptors (Lipinski definition) is 6. The van der Waals surface area contributed by atoms with Gasteiger partial charge in [-0.05, 0) is 43.3 Å². The summed E-state index contributed by atoms with van der Waals surface area (Å²) in [5.41, 5.74) is 1.11. The SMILES string of the molecule is Cc1cnc(N2CC[C@H](NC(=O)C(C)C)[C@]3(CCN(Cc4cccs4)C3)C2)nc1. The highest BCUT2D eigenvalue weighted by Crippen LogP contribution is 2.41. The van der Waals surface area contributed by atoms with Gasteiger partial charge in [-0.2, -0.15) is 0 Å². The van der Waals surface area contributed by atoms with Gasteiger partial charge in [0.1, 0.15) is 0 Å². The van der Waals surface area contributed by atoms with E-state index in [1.54, 1.807) is 0 Å². The van der Waals surface area contributed by atoms with Gasteiger partial charge >= 0.3 is 0 Å². The molecule has 2 aromatic rings. The number of amides is 1. The molecule has 6 nitrogen and oxygen atoms in total. The molecule has 2 aliphatic rings. The van der Waals surface area contributed by atoms with Crippen LogP contribution in [0.2, 0.25) is 0 Å². The number of carbonyl (C=O) groups is 1. The predicted molar refractivity (Wildman–Crippen MR) is 117 cm³/mol. The van der Waals surface area contributed by atoms with E-state index in [1.165, 1.54) is 4.88 Å². The highest BCUT2D eigenvalue weighted by atomic mass is 32.1. The van der Waals surface area contributed by atoms with Crippen LogP contribution in [0.1, 0.15) is 37.1 Å². The van der Waals surface area contributed by atoms with Crippen LogP contribution >= 0.6 is 11.3 Å². The lowest BCUT2D eigenvalue weighted by molar-refractivity contribution is -0.125. The largest absolute Gasteiger partial charge is 0.352 e. The van der Waals surface area contributed by atoms with Gasteiger partial charge in [0.2, 0.25) is 11.9 Å². The molecule has 1 N–H and O–H groups in total. The molecule has 4 heterocycles. The molecule has 2 atom stereocenters. The molecule has 2 fully saturated rings. The topological polar surface area (TPSA) is 61.4 Å². The summed E-state index contributed by atoms with van der Waals surface area (Å²) in [5.74, 6) is 0.973. The lowest BCUT2D eigenvalue weighted by Gasteiger charge is -2.46. The molecular weight excluding hydrogens is 382 g/mol. The molecule has 0 aliphatic carbocycles. The predicted octanol–water partition coefficient (Wildman–Crippen LogP) is 3.09. The summed E-state index contributed by atoms with van der Waals surface area (Å²) in [6, 6.07) is 4.53. The van der Waals surface area contributed by atoms with Crippen molar-refractivity contribution in [1.29, 1.82) is 0 Å². The molecule has 0 radical (unpaired) electrons. The van der Waals surface area contributed by atoms with Crippen LogP contribution in [-0.4, -0.2) is 53.0 Å². The van der Waals surface area contributed by atoms with Gasteiger partial charge in [0.15, 0.2) is 0 Å². The van der Waals surface area contributed by atoms with Crippen molar-refractivity contribution in [2.24, 2.45) is 11.3 Å². The third kappa shape index (κ3) is 4.46. The number of likely N-dealkylation sites (tertiary alicyclic amines) is 1. The molecule has 0 bridgehead atoms. The van der Waals surface area contributed by atoms with Gasteiger partial charge in [0.05, 0.1) is 0 Å². The lowest BCUT2D eigenvalue weighted by Crippen LogP contribution is -2.60. The number of nitrogens with zero attached hydrogens (tertiary/aromatic N) is 4. The van der Waals surface area contributed by atoms with Crippen LogP contribution in [0, 0.1) is 18.3 Å². The summed E-state index contributed by atoms with van der Waals surface area (Å²) < 4.78 is 0. The van der Waals surface area contributed by atoms with Crippen LogP contribution in [0.15, 0.2) is 29.9 Å². The fraction of sp³-hybridized carbons (Fsp3) is 0.591. The van der Waals surface area contributed by atoms with Gasteiger partial charge in [-0.1, -0.05) is 19.9 Å². The minimum atomic E-state index is 0.00846. The zero-order chi connectivity index (χ0) is 20.4. The normalized spacial score (nSPS) is 25.1. The second kappa shape index (κ2) is 8.40. The molecule has 7 heteroatoms. The lowest BCUT2D eigenvalue weighted by atomic mass is 9.74. The quantitative estimate of drug-likeness (QED) is 0.816. The van der Waals surface area contributed by atoms with E-state index in [4.69, 9.17) is 0 Å². The molecule has 2 saturated heterocycles. The summed E-state index contributed by atoms with van der Waals surface area (Å²) in [6.45, 7) is 10.8. The zero-order valence-electron chi connectivity index (χ0n) is 17.6. The summed E-state index contributed by atoms with van der Waals surface area (Å²) in [4.78, 5) is 27.9. The van der Waals surface area contributed by atoms with Crippen LogP contribution < -0.4 is 10.2 Å². The number of aromatic nitrogens is 2. The molecule has 1 spiro atoms. The van der Waals surface area contributed by atoms with E-state index in [0.717, 1.165) is 57.1 Å². The van der Waals surface area contributed by atoms with E-state index in [2.05, 4.69) is 42.6 Å². The first kappa shape index (κ1) is 20.3. The van der Waals surface area contributed by atoms with Gasteiger partial charge in [-0.25, -0.2) is 9.97 Å². The Morgan fingerprint density at radius 1 is 1.31 bits per heavy atom. The van der Waals surface area contributed by atoms with Gasteiger partial charge in [0.25, 0.3) is 0 Å². The third-order valence-corrected chi connectivity index (χ3v) is 7.11. The number of hydrogen-bond donors (Lipinski definition) is 1. The molecule has 0 saturated carbocycles. The Labute approximate surface area is 177 Å². The first-order valence-electron chi connectivity index (χ1n) is 10.5. The van der Waals surface area contributed by atoms with Crippen LogP contribution in [0.3, 0.4) is 0 Å². The number of carbonyl (C=O) groups excluding carboxylic acids is 1. The van der Waals surface area contributed by atoms with Gasteiger partial charge in [-0.3, -0.25) is 9.69 Å². The standard InChI is InChI=1S/C22H31N5OS/c1-16(2)20(28)25-19-6-8-27(21-23-11-17(3)12-24-21)15-22(19)7-9-26(14-22)13-18-5-4-10-29-18/h4-5,10-12,16,19H,6-9,13-15H2,1-3H3,(H,25,28)/t19-,22-/m0/s1. The van der Waals surface area contributed by atoms with Crippen LogP contribution in [0.5, 0.6) is 0 Å². The molecule has 1 amide bonds. The Kier molecular flexibility index (Phi) is 5.88. The van der Waals surface area contributed by atoms with Crippen LogP contribution in [-0.2, 0) is 11.3 Å². The number of thiophene rings is 1. The molecule has 0 aromatic carbocycles. The Morgan fingerprint density at radius 2 is 2.10 bits per heavy atom. The molecular formula is C22H31N5OS. The fourth-order valence-corrected chi connectivity index (χ4v) is 5.35. The van der Waals surface area contributed by atoms with Crippen molar-refractivity contribution in [1.82, 2.24) is 20.2 Å². The van der Waals surface area contributed by atoms with Crippen molar-refractivity contribution in [3.05, 3.63) is 40.3 Å². The van der Waals surface area contributed by atoms with Crippen LogP contribution in [0.25, 0.3) is 0 Å². The first-order chi connectivity index (χ1) is 13.9. The Bertz CT molecular complexity index is 822. The van der Waals surface area contributed by atoms with E-state index in [9.17, 15) is 4.79 Å². The smallest absolute Gasteiger partial charge is 0.225 e. The van der Waals surface area contributed by atoms with Crippen LogP contribution in [0.4, 0.5) is 5.95 Å². The second-order valence-electron chi connectivity index (χ2n) is 8.89. The maximum Gasteiger partial charge on any atom is 0.225 e. The minimum absolute atomic E-state index is 0.00846. The molecule has 4 rings (SSSR count). The first-order valence-corrected chi connectivity index (χ1v) is 11.4. The fourth-order valence-electron chi connectivity index (χ4n) is 4.60. The van der Waals surface area contributed by atoms with Crippen molar-refractivity contribution < 1.29 is 4.79 Å². The van der Waals surface area contributed by atoms with Crippen molar-refractivity contribution in [3.63, 3.8) is 0 Å². The monoisotopic (exact) mass is 413 g/mol. The number of rotatable bonds is 5. The highest BCUT2D eigenvalue weighted by Gasteiger charge is 2.49. The number of aryl methyl sites for hydroxylation is 1. The molecule has 2 aliphatic heterocycles. The van der Waals surface area contributed by atoms with E-state index >= 15 is 0 Å². The van der Waals surface area contributed by atoms with Gasteiger partial charge in [-0.15, -0.1) is 11.3 Å². The van der Waals surface area contributed by atoms with Gasteiger partial charge < -0.3 is 10.2 Å². The second-order valence-corrected chi connectivity index (χ2v) is 9.92. The average Bonchev–Trinajstić information content (AvgIpc) is 3.35. The molecule has 156 valence electrons. The number of anilines is 1. The van der Waals surface area contributed by atoms with Crippen molar-refractivity contribution >= 4 is 23.2 Å². The van der Waals surface area contributed by atoms with Crippen molar-refractivity contribution in [3.8, 4) is 0 Å². The van der Waals surface area contributed by atoms with Crippen molar-refractivity contribution in [2.75, 3.05) is 31.1 Å². The third-order valence-electron chi connectivity index (χ3n) is 6.25. The summed E-state index contributed by atoms with van der Waals surface area (Å²) in [6.07, 6.45) is 5.80. The van der Waals surface area contributed by atoms with E-state index in [0.29, 0.717) is 0 Å². The zero-order valence-corrected chi connectivity index (χ0v) is 18.4. The van der Waals surface area contributed by atoms with E-state index < -0.39 is 0 Å². The molecule has 0 unspecified atom stereocenters. The Hall–Kier alpha value is -1.99. The Balaban J connectivity index is 1.53. The Morgan fingerprint density at radius 3 is 2.79 bits per heavy atom. The minimum Gasteiger partial charge on any atom is -0.352 e. The van der Waals surface area contributed by atoms with Gasteiger partial charge in [0, 0.05) is 60.8 Å². The average molecular weight is 414 g/mol. The number of piperidine rings is 1. The maximum atomic E-state index is 12.5. The summed E-state index contributed by atoms with van der Waals surface area (Å²) in [7, 11) is 0. The highest BCUT2D eigenvalue weighted by molar-refractivity contribution is 7.09. The number of nitrogens with one attached hydrogen (secondary N) is 1. The molecule has 29 heavy (non-hydrogen) atoms. The summed E-state index contributed by atoms with van der Waals surface area (Å²) in [5, 5.41) is 5.52. The van der Waals surface area contributed by atoms with Crippen molar-refractivity contribution in [2.45, 2.75) is 46.2 Å². The van der Waals surface area contributed by atoms with E-state index in [1.807, 2.05) is 44.5 Å². The maximum absolute atomic E-state index is 12.5.